The van der Waals surface area contributed by atoms with Crippen LogP contribution in [0, 0.1) is 11.3 Å². The Morgan fingerprint density at radius 1 is 0.939 bits per heavy atom. The molecule has 1 aromatic heterocycles. The molecule has 6 rings (SSSR count). The standard InChI is InChI=1S/C38H26ClN3O6S/c1-47-27-17-13-23(14-18-27)29-19-32(24-7-3-2-4-8-24)41-36(30(29)21-40)49-34-20-35(44)42(37(34)45)26-15-11-25(12-16-26)38(46)48-22-33(43)28-9-5-6-10-31(28)39/h2-19,34H,20,22H2,1H3. The molecule has 242 valence electrons. The molecule has 1 aliphatic rings. The van der Waals surface area contributed by atoms with Crippen molar-refractivity contribution in [1.82, 2.24) is 4.98 Å². The van der Waals surface area contributed by atoms with Crippen LogP contribution >= 0.6 is 23.4 Å². The minimum Gasteiger partial charge on any atom is -0.497 e. The first-order valence-corrected chi connectivity index (χ1v) is 16.3. The summed E-state index contributed by atoms with van der Waals surface area (Å²) in [5.41, 5.74) is 3.76. The van der Waals surface area contributed by atoms with Crippen LogP contribution < -0.4 is 9.64 Å². The maximum atomic E-state index is 13.7. The quantitative estimate of drug-likeness (QED) is 0.0838. The fourth-order valence-electron chi connectivity index (χ4n) is 5.30. The molecule has 0 radical (unpaired) electrons. The lowest BCUT2D eigenvalue weighted by Gasteiger charge is -2.16. The van der Waals surface area contributed by atoms with E-state index in [0.717, 1.165) is 27.8 Å². The van der Waals surface area contributed by atoms with Crippen LogP contribution in [0.15, 0.2) is 114 Å². The van der Waals surface area contributed by atoms with Gasteiger partial charge in [0.1, 0.15) is 16.8 Å². The van der Waals surface area contributed by atoms with Crippen molar-refractivity contribution in [3.63, 3.8) is 0 Å². The van der Waals surface area contributed by atoms with E-state index < -0.39 is 35.4 Å². The van der Waals surface area contributed by atoms with Gasteiger partial charge in [-0.25, -0.2) is 14.7 Å². The Kier molecular flexibility index (Phi) is 9.85. The fourth-order valence-corrected chi connectivity index (χ4v) is 6.67. The van der Waals surface area contributed by atoms with Crippen molar-refractivity contribution >= 4 is 52.6 Å². The average Bonchev–Trinajstić information content (AvgIpc) is 3.42. The third kappa shape index (κ3) is 7.09. The van der Waals surface area contributed by atoms with E-state index >= 15 is 0 Å². The largest absolute Gasteiger partial charge is 0.497 e. The molecular weight excluding hydrogens is 662 g/mol. The number of carbonyl (C=O) groups excluding carboxylic acids is 4. The molecule has 1 unspecified atom stereocenters. The molecule has 0 saturated carbocycles. The topological polar surface area (TPSA) is 127 Å². The number of methoxy groups -OCH3 is 1. The summed E-state index contributed by atoms with van der Waals surface area (Å²) in [6.45, 7) is -0.503. The van der Waals surface area contributed by atoms with Crippen molar-refractivity contribution < 1.29 is 28.7 Å². The van der Waals surface area contributed by atoms with Gasteiger partial charge in [0.05, 0.1) is 39.9 Å². The summed E-state index contributed by atoms with van der Waals surface area (Å²) >= 11 is 7.12. The molecule has 0 N–H and O–H groups in total. The molecule has 1 fully saturated rings. The highest BCUT2D eigenvalue weighted by Gasteiger charge is 2.41. The number of hydrogen-bond donors (Lipinski definition) is 0. The normalized spacial score (nSPS) is 14.0. The number of pyridine rings is 1. The molecule has 5 aromatic rings. The number of benzene rings is 4. The number of hydrogen-bond acceptors (Lipinski definition) is 9. The van der Waals surface area contributed by atoms with Crippen LogP contribution in [0.4, 0.5) is 5.69 Å². The summed E-state index contributed by atoms with van der Waals surface area (Å²) in [7, 11) is 1.57. The van der Waals surface area contributed by atoms with Crippen LogP contribution in [0.3, 0.4) is 0 Å². The van der Waals surface area contributed by atoms with Crippen molar-refractivity contribution in [3.05, 3.63) is 131 Å². The summed E-state index contributed by atoms with van der Waals surface area (Å²) in [6.07, 6.45) is -0.114. The van der Waals surface area contributed by atoms with Gasteiger partial charge in [-0.2, -0.15) is 5.26 Å². The van der Waals surface area contributed by atoms with Crippen molar-refractivity contribution in [2.24, 2.45) is 0 Å². The SMILES string of the molecule is COc1ccc(-c2cc(-c3ccccc3)nc(SC3CC(=O)N(c4ccc(C(=O)OCC(=O)c5ccccc5Cl)cc4)C3=O)c2C#N)cc1. The minimum atomic E-state index is -0.845. The van der Waals surface area contributed by atoms with E-state index in [1.807, 2.05) is 48.5 Å². The number of ether oxygens (including phenoxy) is 2. The van der Waals surface area contributed by atoms with Gasteiger partial charge in [0, 0.05) is 23.1 Å². The predicted octanol–water partition coefficient (Wildman–Crippen LogP) is 7.41. The van der Waals surface area contributed by atoms with Crippen LogP contribution in [0.1, 0.15) is 32.7 Å². The molecule has 1 saturated heterocycles. The fraction of sp³-hybridized carbons (Fsp3) is 0.105. The summed E-state index contributed by atoms with van der Waals surface area (Å²) in [5, 5.41) is 10.0. The van der Waals surface area contributed by atoms with Crippen molar-refractivity contribution in [3.8, 4) is 34.2 Å². The van der Waals surface area contributed by atoms with Gasteiger partial charge in [0.15, 0.2) is 6.61 Å². The molecule has 1 aliphatic heterocycles. The highest BCUT2D eigenvalue weighted by molar-refractivity contribution is 8.00. The van der Waals surface area contributed by atoms with Gasteiger partial charge < -0.3 is 9.47 Å². The number of aromatic nitrogens is 1. The molecule has 9 nitrogen and oxygen atoms in total. The first kappa shape index (κ1) is 33.2. The zero-order valence-electron chi connectivity index (χ0n) is 26.0. The zero-order chi connectivity index (χ0) is 34.5. The molecule has 2 heterocycles. The van der Waals surface area contributed by atoms with Crippen LogP contribution in [0.5, 0.6) is 5.75 Å². The van der Waals surface area contributed by atoms with E-state index in [4.69, 9.17) is 26.1 Å². The summed E-state index contributed by atoms with van der Waals surface area (Å²) < 4.78 is 10.5. The number of nitriles is 1. The molecule has 1 atom stereocenters. The minimum absolute atomic E-state index is 0.114. The molecule has 4 aromatic carbocycles. The number of imide groups is 1. The third-order valence-corrected chi connectivity index (χ3v) is 9.30. The number of thioether (sulfide) groups is 1. The smallest absolute Gasteiger partial charge is 0.338 e. The third-order valence-electron chi connectivity index (χ3n) is 7.80. The highest BCUT2D eigenvalue weighted by atomic mass is 35.5. The Labute approximate surface area is 291 Å². The summed E-state index contributed by atoms with van der Waals surface area (Å²) in [4.78, 5) is 57.8. The van der Waals surface area contributed by atoms with Gasteiger partial charge in [-0.15, -0.1) is 0 Å². The maximum Gasteiger partial charge on any atom is 0.338 e. The number of esters is 1. The second-order valence-corrected chi connectivity index (χ2v) is 12.4. The lowest BCUT2D eigenvalue weighted by Crippen LogP contribution is -2.31. The number of rotatable bonds is 10. The van der Waals surface area contributed by atoms with Crippen molar-refractivity contribution in [2.75, 3.05) is 18.6 Å². The van der Waals surface area contributed by atoms with E-state index in [-0.39, 0.29) is 33.8 Å². The molecule has 0 bridgehead atoms. The lowest BCUT2D eigenvalue weighted by atomic mass is 9.99. The molecule has 11 heteroatoms. The van der Waals surface area contributed by atoms with Gasteiger partial charge in [-0.3, -0.25) is 14.4 Å². The van der Waals surface area contributed by atoms with Gasteiger partial charge in [0.25, 0.3) is 0 Å². The van der Waals surface area contributed by atoms with Gasteiger partial charge in [0.2, 0.25) is 17.6 Å². The number of amides is 2. The van der Waals surface area contributed by atoms with Crippen molar-refractivity contribution in [2.45, 2.75) is 16.7 Å². The average molecular weight is 688 g/mol. The first-order chi connectivity index (χ1) is 23.8. The number of ketones is 1. The number of Topliss-reactive ketones (excluding diaryl/α,β-unsaturated/α-hetero) is 1. The summed E-state index contributed by atoms with van der Waals surface area (Å²) in [6, 6.07) is 33.1. The van der Waals surface area contributed by atoms with Crippen LogP contribution in [0.2, 0.25) is 5.02 Å². The van der Waals surface area contributed by atoms with Crippen molar-refractivity contribution in [1.29, 1.82) is 5.26 Å². The Morgan fingerprint density at radius 3 is 2.31 bits per heavy atom. The molecule has 0 aliphatic carbocycles. The second-order valence-electron chi connectivity index (χ2n) is 10.8. The predicted molar refractivity (Wildman–Crippen MR) is 186 cm³/mol. The highest BCUT2D eigenvalue weighted by Crippen LogP contribution is 2.39. The van der Waals surface area contributed by atoms with Crippen LogP contribution in [0.25, 0.3) is 22.4 Å². The van der Waals surface area contributed by atoms with E-state index in [1.165, 1.54) is 24.3 Å². The summed E-state index contributed by atoms with van der Waals surface area (Å²) in [5.74, 6) is -1.45. The lowest BCUT2D eigenvalue weighted by molar-refractivity contribution is -0.121. The number of nitrogens with zero attached hydrogens (tertiary/aromatic N) is 3. The molecule has 49 heavy (non-hydrogen) atoms. The monoisotopic (exact) mass is 687 g/mol. The maximum absolute atomic E-state index is 13.7. The molecule has 2 amide bonds. The number of carbonyl (C=O) groups is 4. The van der Waals surface area contributed by atoms with Gasteiger partial charge >= 0.3 is 5.97 Å². The van der Waals surface area contributed by atoms with Crippen LogP contribution in [-0.2, 0) is 14.3 Å². The van der Waals surface area contributed by atoms with E-state index in [2.05, 4.69) is 6.07 Å². The van der Waals surface area contributed by atoms with Gasteiger partial charge in [-0.1, -0.05) is 78.0 Å². The Balaban J connectivity index is 1.22. The Bertz CT molecular complexity index is 2120. The number of halogens is 1. The first-order valence-electron chi connectivity index (χ1n) is 15.0. The Morgan fingerprint density at radius 2 is 1.63 bits per heavy atom. The number of anilines is 1. The second kappa shape index (κ2) is 14.6. The van der Waals surface area contributed by atoms with Crippen LogP contribution in [-0.4, -0.2) is 47.5 Å². The van der Waals surface area contributed by atoms with E-state index in [0.29, 0.717) is 22.0 Å². The van der Waals surface area contributed by atoms with Gasteiger partial charge in [-0.05, 0) is 60.2 Å². The molecular formula is C38H26ClN3O6S. The zero-order valence-corrected chi connectivity index (χ0v) is 27.5. The Hall–Kier alpha value is -5.76. The van der Waals surface area contributed by atoms with E-state index in [9.17, 15) is 24.4 Å². The van der Waals surface area contributed by atoms with E-state index in [1.54, 1.807) is 43.5 Å². The molecule has 0 spiro atoms.